The van der Waals surface area contributed by atoms with Crippen LogP contribution in [0.25, 0.3) is 0 Å². The van der Waals surface area contributed by atoms with E-state index in [1.165, 1.54) is 0 Å². The molecular weight excluding hydrogens is 228 g/mol. The van der Waals surface area contributed by atoms with Crippen LogP contribution in [0.5, 0.6) is 11.5 Å². The van der Waals surface area contributed by atoms with Crippen molar-refractivity contribution < 1.29 is 9.47 Å². The molecule has 4 heteroatoms. The number of hydrogen-bond acceptors (Lipinski definition) is 4. The lowest BCUT2D eigenvalue weighted by molar-refractivity contribution is 0.404. The average molecular weight is 252 g/mol. The zero-order chi connectivity index (χ0) is 13.6. The fourth-order valence-electron chi connectivity index (χ4n) is 1.72. The molecule has 0 saturated heterocycles. The van der Waals surface area contributed by atoms with Crippen LogP contribution in [0.15, 0.2) is 18.2 Å². The minimum atomic E-state index is -0.111. The van der Waals surface area contributed by atoms with Gasteiger partial charge in [0.2, 0.25) is 0 Å². The van der Waals surface area contributed by atoms with Crippen LogP contribution in [0.4, 0.5) is 5.69 Å². The predicted octanol–water partition coefficient (Wildman–Crippen LogP) is 2.63. The van der Waals surface area contributed by atoms with Crippen molar-refractivity contribution in [3.8, 4) is 11.5 Å². The largest absolute Gasteiger partial charge is 0.497 e. The van der Waals surface area contributed by atoms with E-state index in [0.29, 0.717) is 0 Å². The van der Waals surface area contributed by atoms with Gasteiger partial charge >= 0.3 is 0 Å². The van der Waals surface area contributed by atoms with Crippen molar-refractivity contribution in [1.29, 1.82) is 0 Å². The first kappa shape index (κ1) is 14.6. The number of ether oxygens (including phenoxy) is 2. The fourth-order valence-corrected chi connectivity index (χ4v) is 1.72. The average Bonchev–Trinajstić information content (AvgIpc) is 2.33. The maximum absolute atomic E-state index is 5.94. The van der Waals surface area contributed by atoms with Gasteiger partial charge in [0.15, 0.2) is 0 Å². The lowest BCUT2D eigenvalue weighted by Gasteiger charge is -2.18. The first-order valence-corrected chi connectivity index (χ1v) is 6.21. The second kappa shape index (κ2) is 6.50. The first-order chi connectivity index (χ1) is 8.46. The number of hydrogen-bond donors (Lipinski definition) is 2. The molecule has 0 saturated carbocycles. The number of rotatable bonds is 7. The van der Waals surface area contributed by atoms with Gasteiger partial charge in [0, 0.05) is 18.2 Å². The van der Waals surface area contributed by atoms with Crippen LogP contribution in [-0.4, -0.2) is 26.3 Å². The van der Waals surface area contributed by atoms with E-state index < -0.39 is 0 Å². The maximum atomic E-state index is 5.94. The highest BCUT2D eigenvalue weighted by molar-refractivity contribution is 5.59. The van der Waals surface area contributed by atoms with E-state index in [0.717, 1.165) is 36.6 Å². The van der Waals surface area contributed by atoms with Gasteiger partial charge in [-0.2, -0.15) is 0 Å². The molecule has 0 unspecified atom stereocenters. The van der Waals surface area contributed by atoms with Gasteiger partial charge in [0.1, 0.15) is 11.5 Å². The quantitative estimate of drug-likeness (QED) is 0.732. The lowest BCUT2D eigenvalue weighted by Crippen LogP contribution is -2.32. The third kappa shape index (κ3) is 4.84. The maximum Gasteiger partial charge on any atom is 0.142 e. The zero-order valence-electron chi connectivity index (χ0n) is 11.7. The summed E-state index contributed by atoms with van der Waals surface area (Å²) in [6.45, 7) is 4.95. The first-order valence-electron chi connectivity index (χ1n) is 6.21. The third-order valence-corrected chi connectivity index (χ3v) is 2.72. The molecule has 0 radical (unpaired) electrons. The van der Waals surface area contributed by atoms with E-state index >= 15 is 0 Å². The minimum absolute atomic E-state index is 0.111. The Labute approximate surface area is 109 Å². The molecule has 0 amide bonds. The van der Waals surface area contributed by atoms with Crippen LogP contribution >= 0.6 is 0 Å². The van der Waals surface area contributed by atoms with E-state index in [4.69, 9.17) is 15.2 Å². The second-order valence-corrected chi connectivity index (χ2v) is 5.09. The molecular formula is C14H24N2O2. The van der Waals surface area contributed by atoms with Crippen LogP contribution < -0.4 is 20.5 Å². The van der Waals surface area contributed by atoms with Crippen molar-refractivity contribution in [2.75, 3.05) is 26.1 Å². The number of methoxy groups -OCH3 is 2. The summed E-state index contributed by atoms with van der Waals surface area (Å²) >= 11 is 0. The van der Waals surface area contributed by atoms with Crippen LogP contribution in [0, 0.1) is 0 Å². The summed E-state index contributed by atoms with van der Waals surface area (Å²) in [4.78, 5) is 0. The highest BCUT2D eigenvalue weighted by Crippen LogP contribution is 2.28. The molecule has 3 N–H and O–H groups in total. The minimum Gasteiger partial charge on any atom is -0.497 e. The highest BCUT2D eigenvalue weighted by Gasteiger charge is 2.10. The summed E-state index contributed by atoms with van der Waals surface area (Å²) in [7, 11) is 3.32. The van der Waals surface area contributed by atoms with Crippen molar-refractivity contribution in [2.24, 2.45) is 5.73 Å². The zero-order valence-corrected chi connectivity index (χ0v) is 11.7. The Bertz CT molecular complexity index is 373. The number of nitrogens with two attached hydrogens (primary N) is 1. The summed E-state index contributed by atoms with van der Waals surface area (Å²) in [5, 5.41) is 3.35. The van der Waals surface area contributed by atoms with Crippen LogP contribution in [0.1, 0.15) is 26.7 Å². The SMILES string of the molecule is COc1ccc(OC)c(NCCCC(C)(C)N)c1. The van der Waals surface area contributed by atoms with E-state index in [1.54, 1.807) is 14.2 Å². The van der Waals surface area contributed by atoms with Crippen LogP contribution in [0.3, 0.4) is 0 Å². The van der Waals surface area contributed by atoms with Crippen LogP contribution in [0.2, 0.25) is 0 Å². The topological polar surface area (TPSA) is 56.5 Å². The van der Waals surface area contributed by atoms with Gasteiger partial charge in [0.25, 0.3) is 0 Å². The molecule has 18 heavy (non-hydrogen) atoms. The molecule has 0 aliphatic heterocycles. The van der Waals surface area contributed by atoms with Crippen LogP contribution in [-0.2, 0) is 0 Å². The lowest BCUT2D eigenvalue weighted by atomic mass is 10.0. The molecule has 1 rings (SSSR count). The monoisotopic (exact) mass is 252 g/mol. The van der Waals surface area contributed by atoms with Gasteiger partial charge in [-0.05, 0) is 38.8 Å². The smallest absolute Gasteiger partial charge is 0.142 e. The van der Waals surface area contributed by atoms with Crippen molar-refractivity contribution >= 4 is 5.69 Å². The summed E-state index contributed by atoms with van der Waals surface area (Å²) < 4.78 is 10.5. The summed E-state index contributed by atoms with van der Waals surface area (Å²) in [6.07, 6.45) is 2.00. The molecule has 0 aliphatic rings. The standard InChI is InChI=1S/C14H24N2O2/c1-14(2,15)8-5-9-16-12-10-11(17-3)6-7-13(12)18-4/h6-7,10,16H,5,8-9,15H2,1-4H3. The molecule has 4 nitrogen and oxygen atoms in total. The van der Waals surface area contributed by atoms with Gasteiger partial charge in [-0.25, -0.2) is 0 Å². The van der Waals surface area contributed by atoms with E-state index in [9.17, 15) is 0 Å². The van der Waals surface area contributed by atoms with Crippen molar-refractivity contribution in [3.63, 3.8) is 0 Å². The van der Waals surface area contributed by atoms with Gasteiger partial charge in [-0.3, -0.25) is 0 Å². The summed E-state index contributed by atoms with van der Waals surface area (Å²) in [5.41, 5.74) is 6.78. The number of nitrogens with one attached hydrogen (secondary N) is 1. The van der Waals surface area contributed by atoms with E-state index in [2.05, 4.69) is 5.32 Å². The van der Waals surface area contributed by atoms with Crippen molar-refractivity contribution in [2.45, 2.75) is 32.2 Å². The van der Waals surface area contributed by atoms with Gasteiger partial charge in [0.05, 0.1) is 19.9 Å². The molecule has 0 aliphatic carbocycles. The Morgan fingerprint density at radius 2 is 1.94 bits per heavy atom. The predicted molar refractivity (Wildman–Crippen MR) is 75.5 cm³/mol. The Hall–Kier alpha value is -1.42. The molecule has 0 heterocycles. The Morgan fingerprint density at radius 1 is 1.22 bits per heavy atom. The summed E-state index contributed by atoms with van der Waals surface area (Å²) in [5.74, 6) is 1.64. The molecule has 0 fully saturated rings. The molecule has 0 aromatic heterocycles. The van der Waals surface area contributed by atoms with Crippen molar-refractivity contribution in [1.82, 2.24) is 0 Å². The number of benzene rings is 1. The molecule has 1 aromatic carbocycles. The highest BCUT2D eigenvalue weighted by atomic mass is 16.5. The van der Waals surface area contributed by atoms with Gasteiger partial charge < -0.3 is 20.5 Å². The second-order valence-electron chi connectivity index (χ2n) is 5.09. The number of anilines is 1. The van der Waals surface area contributed by atoms with Gasteiger partial charge in [-0.1, -0.05) is 0 Å². The van der Waals surface area contributed by atoms with Gasteiger partial charge in [-0.15, -0.1) is 0 Å². The third-order valence-electron chi connectivity index (χ3n) is 2.72. The van der Waals surface area contributed by atoms with E-state index in [1.807, 2.05) is 32.0 Å². The Morgan fingerprint density at radius 3 is 2.50 bits per heavy atom. The molecule has 0 spiro atoms. The summed E-state index contributed by atoms with van der Waals surface area (Å²) in [6, 6.07) is 5.72. The Balaban J connectivity index is 2.54. The molecule has 0 atom stereocenters. The van der Waals surface area contributed by atoms with Crippen molar-refractivity contribution in [3.05, 3.63) is 18.2 Å². The van der Waals surface area contributed by atoms with E-state index in [-0.39, 0.29) is 5.54 Å². The Kier molecular flexibility index (Phi) is 5.28. The molecule has 0 bridgehead atoms. The normalized spacial score (nSPS) is 11.2. The molecule has 102 valence electrons. The molecule has 1 aromatic rings. The fraction of sp³-hybridized carbons (Fsp3) is 0.571.